The highest BCUT2D eigenvalue weighted by atomic mass is 16.5. The molecule has 1 aromatic carbocycles. The minimum Gasteiger partial charge on any atom is -0.483 e. The Kier molecular flexibility index (Phi) is 4.80. The molecule has 0 bridgehead atoms. The maximum absolute atomic E-state index is 12.1. The van der Waals surface area contributed by atoms with Gasteiger partial charge in [-0.25, -0.2) is 0 Å². The quantitative estimate of drug-likeness (QED) is 0.814. The molecule has 0 heterocycles. The van der Waals surface area contributed by atoms with Crippen molar-refractivity contribution in [3.8, 4) is 5.75 Å². The maximum atomic E-state index is 12.1. The molecular weight excluding hydrogens is 240 g/mol. The Balaban J connectivity index is 1.92. The van der Waals surface area contributed by atoms with E-state index in [4.69, 9.17) is 4.74 Å². The number of nitrogens with one attached hydrogen (secondary N) is 1. The van der Waals surface area contributed by atoms with E-state index in [1.807, 2.05) is 43.1 Å². The molecule has 104 valence electrons. The lowest BCUT2D eigenvalue weighted by atomic mass is 10.2. The van der Waals surface area contributed by atoms with Crippen molar-refractivity contribution in [1.29, 1.82) is 0 Å². The number of nitrogens with zero attached hydrogens (tertiary/aromatic N) is 1. The summed E-state index contributed by atoms with van der Waals surface area (Å²) in [4.78, 5) is 14.0. The van der Waals surface area contributed by atoms with Gasteiger partial charge in [0, 0.05) is 24.7 Å². The van der Waals surface area contributed by atoms with Crippen molar-refractivity contribution in [3.05, 3.63) is 29.8 Å². The second kappa shape index (κ2) is 6.57. The molecule has 1 aliphatic rings. The van der Waals surface area contributed by atoms with E-state index in [2.05, 4.69) is 5.32 Å². The average molecular weight is 262 g/mol. The van der Waals surface area contributed by atoms with Gasteiger partial charge in [0.25, 0.3) is 5.91 Å². The largest absolute Gasteiger partial charge is 0.483 e. The molecule has 1 saturated carbocycles. The van der Waals surface area contributed by atoms with Crippen molar-refractivity contribution >= 4 is 5.91 Å². The summed E-state index contributed by atoms with van der Waals surface area (Å²) in [6, 6.07) is 8.28. The molecule has 0 saturated heterocycles. The molecular formula is C15H22N2O2. The minimum absolute atomic E-state index is 0.0873. The highest BCUT2D eigenvalue weighted by Gasteiger charge is 2.31. The number of carbonyl (C=O) groups excluding carboxylic acids is 1. The molecule has 0 spiro atoms. The number of para-hydroxylation sites is 1. The first-order valence-corrected chi connectivity index (χ1v) is 6.91. The minimum atomic E-state index is 0.0873. The summed E-state index contributed by atoms with van der Waals surface area (Å²) in [5, 5.41) is 3.10. The molecule has 4 nitrogen and oxygen atoms in total. The third-order valence-corrected chi connectivity index (χ3v) is 3.34. The summed E-state index contributed by atoms with van der Waals surface area (Å²) in [7, 11) is 1.90. The summed E-state index contributed by atoms with van der Waals surface area (Å²) < 4.78 is 5.68. The molecule has 1 N–H and O–H groups in total. The summed E-state index contributed by atoms with van der Waals surface area (Å²) in [5.74, 6) is 0.876. The van der Waals surface area contributed by atoms with Gasteiger partial charge in [0.05, 0.1) is 0 Å². The number of benzene rings is 1. The van der Waals surface area contributed by atoms with E-state index in [1.54, 1.807) is 0 Å². The third-order valence-electron chi connectivity index (χ3n) is 3.34. The van der Waals surface area contributed by atoms with Gasteiger partial charge in [-0.15, -0.1) is 0 Å². The molecule has 2 rings (SSSR count). The van der Waals surface area contributed by atoms with Crippen LogP contribution in [0.5, 0.6) is 5.75 Å². The van der Waals surface area contributed by atoms with Crippen molar-refractivity contribution in [1.82, 2.24) is 10.2 Å². The van der Waals surface area contributed by atoms with Crippen molar-refractivity contribution in [2.75, 3.05) is 20.2 Å². The highest BCUT2D eigenvalue weighted by Crippen LogP contribution is 2.26. The van der Waals surface area contributed by atoms with Crippen molar-refractivity contribution < 1.29 is 9.53 Å². The Morgan fingerprint density at radius 1 is 1.42 bits per heavy atom. The number of rotatable bonds is 7. The average Bonchev–Trinajstić information content (AvgIpc) is 3.24. The van der Waals surface area contributed by atoms with Gasteiger partial charge in [-0.3, -0.25) is 4.79 Å². The van der Waals surface area contributed by atoms with Gasteiger partial charge in [-0.2, -0.15) is 0 Å². The molecule has 1 aromatic rings. The zero-order chi connectivity index (χ0) is 13.7. The Bertz CT molecular complexity index is 430. The van der Waals surface area contributed by atoms with Crippen LogP contribution in [0.4, 0.5) is 0 Å². The van der Waals surface area contributed by atoms with Crippen LogP contribution in [0.2, 0.25) is 0 Å². The molecule has 4 heteroatoms. The fourth-order valence-corrected chi connectivity index (χ4v) is 2.23. The van der Waals surface area contributed by atoms with Gasteiger partial charge >= 0.3 is 0 Å². The summed E-state index contributed by atoms with van der Waals surface area (Å²) >= 11 is 0. The molecule has 0 aliphatic heterocycles. The first-order chi connectivity index (χ1) is 9.26. The van der Waals surface area contributed by atoms with Crippen LogP contribution < -0.4 is 10.1 Å². The number of hydrogen-bond donors (Lipinski definition) is 1. The third kappa shape index (κ3) is 3.70. The van der Waals surface area contributed by atoms with Crippen molar-refractivity contribution in [3.63, 3.8) is 0 Å². The molecule has 19 heavy (non-hydrogen) atoms. The molecule has 1 aliphatic carbocycles. The van der Waals surface area contributed by atoms with Gasteiger partial charge in [-0.1, -0.05) is 18.2 Å². The molecule has 1 fully saturated rings. The number of likely N-dealkylation sites (N-methyl/N-ethyl adjacent to an activating group) is 1. The standard InChI is InChI=1S/C15H22N2O2/c1-3-17(13-8-9-13)15(18)11-19-14-7-5-4-6-12(14)10-16-2/h4-7,13,16H,3,8-11H2,1-2H3. The molecule has 1 amide bonds. The zero-order valence-electron chi connectivity index (χ0n) is 11.7. The predicted molar refractivity (Wildman–Crippen MR) is 75.1 cm³/mol. The van der Waals surface area contributed by atoms with Crippen LogP contribution in [0.1, 0.15) is 25.3 Å². The van der Waals surface area contributed by atoms with Crippen LogP contribution in [0, 0.1) is 0 Å². The van der Waals surface area contributed by atoms with Crippen LogP contribution >= 0.6 is 0 Å². The van der Waals surface area contributed by atoms with Gasteiger partial charge in [-0.05, 0) is 32.9 Å². The number of carbonyl (C=O) groups is 1. The van der Waals surface area contributed by atoms with E-state index in [9.17, 15) is 4.79 Å². The van der Waals surface area contributed by atoms with Crippen LogP contribution in [0.25, 0.3) is 0 Å². The Morgan fingerprint density at radius 2 is 2.16 bits per heavy atom. The lowest BCUT2D eigenvalue weighted by Gasteiger charge is -2.20. The predicted octanol–water partition coefficient (Wildman–Crippen LogP) is 1.80. The monoisotopic (exact) mass is 262 g/mol. The van der Waals surface area contributed by atoms with E-state index >= 15 is 0 Å². The van der Waals surface area contributed by atoms with Crippen LogP contribution in [-0.4, -0.2) is 37.0 Å². The van der Waals surface area contributed by atoms with E-state index in [0.717, 1.165) is 37.2 Å². The highest BCUT2D eigenvalue weighted by molar-refractivity contribution is 5.78. The Morgan fingerprint density at radius 3 is 2.79 bits per heavy atom. The number of hydrogen-bond acceptors (Lipinski definition) is 3. The van der Waals surface area contributed by atoms with Crippen molar-refractivity contribution in [2.45, 2.75) is 32.4 Å². The SMILES string of the molecule is CCN(C(=O)COc1ccccc1CNC)C1CC1. The zero-order valence-corrected chi connectivity index (χ0v) is 11.7. The normalized spacial score (nSPS) is 14.2. The summed E-state index contributed by atoms with van der Waals surface area (Å²) in [5.41, 5.74) is 1.08. The van der Waals surface area contributed by atoms with Gasteiger partial charge in [0.2, 0.25) is 0 Å². The summed E-state index contributed by atoms with van der Waals surface area (Å²) in [6.45, 7) is 3.66. The topological polar surface area (TPSA) is 41.6 Å². The summed E-state index contributed by atoms with van der Waals surface area (Å²) in [6.07, 6.45) is 2.27. The molecule has 0 atom stereocenters. The van der Waals surface area contributed by atoms with Gasteiger partial charge in [0.15, 0.2) is 6.61 Å². The van der Waals surface area contributed by atoms with Crippen molar-refractivity contribution in [2.24, 2.45) is 0 Å². The molecule has 0 unspecified atom stereocenters. The van der Waals surface area contributed by atoms with Crippen LogP contribution in [0.3, 0.4) is 0 Å². The number of ether oxygens (including phenoxy) is 1. The Labute approximate surface area is 114 Å². The van der Waals surface area contributed by atoms with E-state index in [-0.39, 0.29) is 12.5 Å². The first-order valence-electron chi connectivity index (χ1n) is 6.91. The van der Waals surface area contributed by atoms with Crippen LogP contribution in [0.15, 0.2) is 24.3 Å². The molecule has 0 radical (unpaired) electrons. The van der Waals surface area contributed by atoms with Crippen LogP contribution in [-0.2, 0) is 11.3 Å². The Hall–Kier alpha value is -1.55. The second-order valence-corrected chi connectivity index (χ2v) is 4.84. The van der Waals surface area contributed by atoms with E-state index in [1.165, 1.54) is 0 Å². The van der Waals surface area contributed by atoms with E-state index < -0.39 is 0 Å². The van der Waals surface area contributed by atoms with E-state index in [0.29, 0.717) is 6.04 Å². The van der Waals surface area contributed by atoms with Gasteiger partial charge in [0.1, 0.15) is 5.75 Å². The lowest BCUT2D eigenvalue weighted by Crippen LogP contribution is -2.36. The molecule has 0 aromatic heterocycles. The second-order valence-electron chi connectivity index (χ2n) is 4.84. The first kappa shape index (κ1) is 13.9. The fraction of sp³-hybridized carbons (Fsp3) is 0.533. The fourth-order valence-electron chi connectivity index (χ4n) is 2.23. The number of amides is 1. The smallest absolute Gasteiger partial charge is 0.260 e. The van der Waals surface area contributed by atoms with Gasteiger partial charge < -0.3 is 15.0 Å². The lowest BCUT2D eigenvalue weighted by molar-refractivity contribution is -0.133. The maximum Gasteiger partial charge on any atom is 0.260 e.